The van der Waals surface area contributed by atoms with E-state index >= 15 is 0 Å². The number of methoxy groups -OCH3 is 2. The number of amides is 1. The zero-order chi connectivity index (χ0) is 38.6. The molecule has 5 heterocycles. The highest BCUT2D eigenvalue weighted by Gasteiger charge is 2.39. The lowest BCUT2D eigenvalue weighted by Crippen LogP contribution is -2.29. The first-order valence-electron chi connectivity index (χ1n) is 17.8. The van der Waals surface area contributed by atoms with Crippen molar-refractivity contribution >= 4 is 51.1 Å². The smallest absolute Gasteiger partial charge is 0.339 e. The Morgan fingerprint density at radius 3 is 2.25 bits per heavy atom. The van der Waals surface area contributed by atoms with Crippen LogP contribution in [0.5, 0.6) is 0 Å². The SMILES string of the molecule is CCc1c(C)c2cc3[nH]c(cc4nc(c(C(O)C(=O)OC)c5nc(cc1[nH]2)C(C)=C5C(=O)NCCOCCO)C(CCC(=O)OC)C4C)c(C)c3CO. The van der Waals surface area contributed by atoms with Gasteiger partial charge in [-0.15, -0.1) is 0 Å². The molecular weight excluding hydrogens is 682 g/mol. The summed E-state index contributed by atoms with van der Waals surface area (Å²) in [5.41, 5.74) is 8.55. The third kappa shape index (κ3) is 7.77. The van der Waals surface area contributed by atoms with Crippen molar-refractivity contribution < 1.29 is 43.9 Å². The summed E-state index contributed by atoms with van der Waals surface area (Å²) in [5.74, 6) is -2.78. The zero-order valence-electron chi connectivity index (χ0n) is 31.3. The van der Waals surface area contributed by atoms with Crippen LogP contribution in [0.25, 0.3) is 33.2 Å². The average molecular weight is 732 g/mol. The highest BCUT2D eigenvalue weighted by atomic mass is 16.5. The molecule has 14 heteroatoms. The van der Waals surface area contributed by atoms with Crippen molar-refractivity contribution in [2.75, 3.05) is 40.6 Å². The van der Waals surface area contributed by atoms with Crippen molar-refractivity contribution in [1.82, 2.24) is 25.3 Å². The van der Waals surface area contributed by atoms with E-state index in [9.17, 15) is 24.6 Å². The molecule has 0 saturated carbocycles. The number of allylic oxidation sites excluding steroid dienone is 1. The highest BCUT2D eigenvalue weighted by molar-refractivity contribution is 6.27. The van der Waals surface area contributed by atoms with Gasteiger partial charge in [0.2, 0.25) is 0 Å². The summed E-state index contributed by atoms with van der Waals surface area (Å²) >= 11 is 0. The van der Waals surface area contributed by atoms with Crippen LogP contribution in [0.15, 0.2) is 18.2 Å². The monoisotopic (exact) mass is 731 g/mol. The van der Waals surface area contributed by atoms with Crippen molar-refractivity contribution in [3.8, 4) is 0 Å². The molecule has 2 aliphatic heterocycles. The third-order valence-electron chi connectivity index (χ3n) is 10.3. The number of aromatic nitrogens is 4. The van der Waals surface area contributed by atoms with Crippen molar-refractivity contribution in [3.63, 3.8) is 0 Å². The van der Waals surface area contributed by atoms with E-state index in [-0.39, 0.29) is 74.3 Å². The highest BCUT2D eigenvalue weighted by Crippen LogP contribution is 2.45. The summed E-state index contributed by atoms with van der Waals surface area (Å²) in [5, 5.41) is 34.2. The molecule has 0 radical (unpaired) electrons. The van der Waals surface area contributed by atoms with E-state index in [1.54, 1.807) is 6.92 Å². The molecule has 5 rings (SSSR count). The number of aryl methyl sites for hydroxylation is 3. The van der Waals surface area contributed by atoms with Gasteiger partial charge in [-0.2, -0.15) is 0 Å². The van der Waals surface area contributed by atoms with E-state index in [0.717, 1.165) is 45.9 Å². The van der Waals surface area contributed by atoms with E-state index < -0.39 is 29.9 Å². The van der Waals surface area contributed by atoms with E-state index in [4.69, 9.17) is 29.3 Å². The summed E-state index contributed by atoms with van der Waals surface area (Å²) < 4.78 is 15.3. The Kier molecular flexibility index (Phi) is 12.5. The van der Waals surface area contributed by atoms with E-state index in [2.05, 4.69) is 15.3 Å². The molecule has 0 aromatic carbocycles. The maximum atomic E-state index is 14.1. The quantitative estimate of drug-likeness (QED) is 0.109. The van der Waals surface area contributed by atoms with Crippen LogP contribution in [0.3, 0.4) is 0 Å². The predicted octanol–water partition coefficient (Wildman–Crippen LogP) is 4.09. The number of H-pyrrole nitrogens is 2. The van der Waals surface area contributed by atoms with Gasteiger partial charge in [-0.3, -0.25) is 14.6 Å². The van der Waals surface area contributed by atoms with Crippen LogP contribution >= 0.6 is 0 Å². The lowest BCUT2D eigenvalue weighted by Gasteiger charge is -2.20. The van der Waals surface area contributed by atoms with Crippen molar-refractivity contribution in [2.24, 2.45) is 0 Å². The van der Waals surface area contributed by atoms with Crippen LogP contribution in [0.2, 0.25) is 0 Å². The zero-order valence-corrected chi connectivity index (χ0v) is 31.3. The Balaban J connectivity index is 1.96. The maximum absolute atomic E-state index is 14.1. The Bertz CT molecular complexity index is 2100. The lowest BCUT2D eigenvalue weighted by atomic mass is 9.84. The minimum absolute atomic E-state index is 0.00848. The molecule has 14 nitrogen and oxygen atoms in total. The molecule has 3 aromatic rings. The Labute approximate surface area is 307 Å². The van der Waals surface area contributed by atoms with Crippen LogP contribution in [0.4, 0.5) is 0 Å². The summed E-state index contributed by atoms with van der Waals surface area (Å²) in [7, 11) is 2.46. The number of nitrogens with zero attached hydrogens (tertiary/aromatic N) is 2. The van der Waals surface area contributed by atoms with E-state index in [1.807, 2.05) is 45.9 Å². The normalized spacial score (nSPS) is 16.1. The van der Waals surface area contributed by atoms with Gasteiger partial charge in [0.1, 0.15) is 0 Å². The second-order valence-corrected chi connectivity index (χ2v) is 13.3. The molecule has 2 aliphatic rings. The fourth-order valence-electron chi connectivity index (χ4n) is 7.22. The summed E-state index contributed by atoms with van der Waals surface area (Å²) in [6, 6.07) is 5.68. The molecule has 284 valence electrons. The number of nitrogens with one attached hydrogen (secondary N) is 3. The van der Waals surface area contributed by atoms with Crippen LogP contribution in [0.1, 0.15) is 102 Å². The van der Waals surface area contributed by atoms with E-state index in [0.29, 0.717) is 28.9 Å². The molecular formula is C39H49N5O9. The van der Waals surface area contributed by atoms with Gasteiger partial charge in [0.25, 0.3) is 5.91 Å². The predicted molar refractivity (Wildman–Crippen MR) is 199 cm³/mol. The fraction of sp³-hybridized carbons (Fsp3) is 0.462. The number of carbonyl (C=O) groups excluding carboxylic acids is 3. The number of hydrogen-bond acceptors (Lipinski definition) is 11. The molecule has 1 amide bonds. The van der Waals surface area contributed by atoms with Gasteiger partial charge in [-0.05, 0) is 74.1 Å². The number of aliphatic hydroxyl groups is 3. The molecule has 0 aliphatic carbocycles. The van der Waals surface area contributed by atoms with Crippen LogP contribution in [0, 0.1) is 13.8 Å². The maximum Gasteiger partial charge on any atom is 0.339 e. The van der Waals surface area contributed by atoms with Gasteiger partial charge in [0.15, 0.2) is 6.10 Å². The molecule has 53 heavy (non-hydrogen) atoms. The number of aliphatic hydroxyl groups excluding tert-OH is 3. The molecule has 0 spiro atoms. The molecule has 8 bridgehead atoms. The second kappa shape index (κ2) is 16.8. The van der Waals surface area contributed by atoms with Crippen molar-refractivity contribution in [3.05, 3.63) is 68.8 Å². The number of ether oxygens (including phenoxy) is 3. The van der Waals surface area contributed by atoms with Gasteiger partial charge in [-0.25, -0.2) is 9.78 Å². The number of rotatable bonds is 13. The number of hydrogen-bond donors (Lipinski definition) is 6. The minimum Gasteiger partial charge on any atom is -0.469 e. The van der Waals surface area contributed by atoms with Crippen molar-refractivity contribution in [2.45, 2.75) is 78.4 Å². The van der Waals surface area contributed by atoms with Gasteiger partial charge in [0.05, 0.1) is 63.3 Å². The topological polar surface area (TPSA) is 209 Å². The standard InChI is InChI=1S/C39H49N5O9/c1-8-23-19(2)27-16-31-25(18-46)21(4)26(42-31)15-28-20(3)24(9-10-32(47)51-6)35(43-28)34(37(48)39(50)52-7)36-33(38(49)40-11-13-53-14-12-45)22(5)29(44-36)17-30(23)41-27/h15-17,20,24,37,41-42,45-46,48H,8-14,18H2,1-7H3,(H,40,49). The molecule has 3 aromatic heterocycles. The fourth-order valence-corrected chi connectivity index (χ4v) is 7.22. The molecule has 3 unspecified atom stereocenters. The van der Waals surface area contributed by atoms with Crippen molar-refractivity contribution in [1.29, 1.82) is 0 Å². The summed E-state index contributed by atoms with van der Waals surface area (Å²) in [6.45, 7) is 9.66. The number of carbonyl (C=O) groups is 3. The number of esters is 2. The number of aromatic amines is 2. The average Bonchev–Trinajstić information content (AvgIpc) is 3.82. The minimum atomic E-state index is -1.90. The Morgan fingerprint density at radius 2 is 1.60 bits per heavy atom. The molecule has 0 fully saturated rings. The van der Waals surface area contributed by atoms with Gasteiger partial charge < -0.3 is 44.8 Å². The summed E-state index contributed by atoms with van der Waals surface area (Å²) in [6.07, 6.45) is -0.945. The number of fused-ring (bicyclic) bond motifs is 8. The third-order valence-corrected chi connectivity index (χ3v) is 10.3. The summed E-state index contributed by atoms with van der Waals surface area (Å²) in [4.78, 5) is 56.8. The van der Waals surface area contributed by atoms with Crippen LogP contribution in [-0.2, 0) is 41.6 Å². The first-order valence-corrected chi connectivity index (χ1v) is 17.8. The Hall–Kier alpha value is -4.89. The second-order valence-electron chi connectivity index (χ2n) is 13.3. The van der Waals surface area contributed by atoms with E-state index in [1.165, 1.54) is 7.11 Å². The van der Waals surface area contributed by atoms with Crippen LogP contribution in [-0.4, -0.2) is 93.7 Å². The molecule has 3 atom stereocenters. The lowest BCUT2D eigenvalue weighted by molar-refractivity contribution is -0.150. The molecule has 0 saturated heterocycles. The van der Waals surface area contributed by atoms with Gasteiger partial charge in [0, 0.05) is 63.7 Å². The van der Waals surface area contributed by atoms with Gasteiger partial charge in [-0.1, -0.05) is 13.8 Å². The first kappa shape index (κ1) is 39.3. The van der Waals surface area contributed by atoms with Crippen LogP contribution < -0.4 is 5.32 Å². The van der Waals surface area contributed by atoms with Gasteiger partial charge >= 0.3 is 11.9 Å². The molecule has 6 N–H and O–H groups in total. The largest absolute Gasteiger partial charge is 0.469 e. The Morgan fingerprint density at radius 1 is 0.925 bits per heavy atom. The first-order chi connectivity index (χ1) is 25.4.